The molecular formula is C10H22N2. The molecule has 0 aromatic rings. The molecule has 0 spiro atoms. The monoisotopic (exact) mass is 170 g/mol. The van der Waals surface area contributed by atoms with E-state index in [1.807, 2.05) is 0 Å². The Labute approximate surface area is 75.9 Å². The van der Waals surface area contributed by atoms with E-state index in [1.54, 1.807) is 0 Å². The summed E-state index contributed by atoms with van der Waals surface area (Å²) in [5, 5.41) is 3.68. The third-order valence-electron chi connectivity index (χ3n) is 2.88. The molecule has 2 nitrogen and oxygen atoms in total. The van der Waals surface area contributed by atoms with Gasteiger partial charge in [0, 0.05) is 18.1 Å². The Morgan fingerprint density at radius 2 is 2.08 bits per heavy atom. The molecule has 0 heterocycles. The van der Waals surface area contributed by atoms with Crippen molar-refractivity contribution in [2.45, 2.75) is 57.5 Å². The van der Waals surface area contributed by atoms with Crippen molar-refractivity contribution in [3.8, 4) is 0 Å². The van der Waals surface area contributed by atoms with Gasteiger partial charge in [-0.1, -0.05) is 20.3 Å². The van der Waals surface area contributed by atoms with Gasteiger partial charge in [-0.2, -0.15) is 0 Å². The summed E-state index contributed by atoms with van der Waals surface area (Å²) >= 11 is 0. The molecule has 1 atom stereocenters. The highest BCUT2D eigenvalue weighted by Gasteiger charge is 2.32. The second-order valence-electron chi connectivity index (χ2n) is 4.01. The fraction of sp³-hybridized carbons (Fsp3) is 1.00. The molecule has 0 radical (unpaired) electrons. The van der Waals surface area contributed by atoms with Crippen LogP contribution >= 0.6 is 0 Å². The minimum atomic E-state index is 0.246. The molecule has 0 bridgehead atoms. The topological polar surface area (TPSA) is 38.0 Å². The van der Waals surface area contributed by atoms with Crippen molar-refractivity contribution in [2.75, 3.05) is 6.54 Å². The van der Waals surface area contributed by atoms with Crippen LogP contribution in [0.4, 0.5) is 0 Å². The zero-order chi connectivity index (χ0) is 9.03. The van der Waals surface area contributed by atoms with Gasteiger partial charge in [0.15, 0.2) is 0 Å². The number of hydrogen-bond donors (Lipinski definition) is 2. The van der Waals surface area contributed by atoms with E-state index in [9.17, 15) is 0 Å². The molecule has 0 aromatic heterocycles. The molecule has 12 heavy (non-hydrogen) atoms. The second kappa shape index (κ2) is 4.24. The Kier molecular flexibility index (Phi) is 3.53. The van der Waals surface area contributed by atoms with Gasteiger partial charge in [0.1, 0.15) is 0 Å². The molecule has 1 unspecified atom stereocenters. The summed E-state index contributed by atoms with van der Waals surface area (Å²) < 4.78 is 0. The number of nitrogens with two attached hydrogens (primary N) is 1. The highest BCUT2D eigenvalue weighted by atomic mass is 15.1. The molecule has 72 valence electrons. The van der Waals surface area contributed by atoms with Crippen LogP contribution in [0.25, 0.3) is 0 Å². The third-order valence-corrected chi connectivity index (χ3v) is 2.88. The van der Waals surface area contributed by atoms with Crippen LogP contribution in [0.5, 0.6) is 0 Å². The summed E-state index contributed by atoms with van der Waals surface area (Å²) in [5.74, 6) is 0. The summed E-state index contributed by atoms with van der Waals surface area (Å²) in [4.78, 5) is 0. The zero-order valence-corrected chi connectivity index (χ0v) is 8.40. The lowest BCUT2D eigenvalue weighted by molar-refractivity contribution is 0.293. The Balaban J connectivity index is 2.41. The van der Waals surface area contributed by atoms with Crippen LogP contribution in [0.1, 0.15) is 46.0 Å². The highest BCUT2D eigenvalue weighted by Crippen LogP contribution is 2.26. The largest absolute Gasteiger partial charge is 0.329 e. The average molecular weight is 170 g/mol. The zero-order valence-electron chi connectivity index (χ0n) is 8.40. The quantitative estimate of drug-likeness (QED) is 0.636. The lowest BCUT2D eigenvalue weighted by Crippen LogP contribution is -2.51. The molecule has 0 aromatic carbocycles. The van der Waals surface area contributed by atoms with Crippen molar-refractivity contribution in [3.63, 3.8) is 0 Å². The van der Waals surface area contributed by atoms with Gasteiger partial charge in [0.2, 0.25) is 0 Å². The lowest BCUT2D eigenvalue weighted by Gasteiger charge is -2.32. The normalized spacial score (nSPS) is 22.2. The van der Waals surface area contributed by atoms with Gasteiger partial charge in [-0.3, -0.25) is 0 Å². The predicted molar refractivity (Wildman–Crippen MR) is 53.1 cm³/mol. The molecule has 1 aliphatic rings. The van der Waals surface area contributed by atoms with Crippen LogP contribution in [-0.4, -0.2) is 18.1 Å². The van der Waals surface area contributed by atoms with Gasteiger partial charge in [-0.25, -0.2) is 0 Å². The first-order valence-corrected chi connectivity index (χ1v) is 5.24. The number of nitrogens with one attached hydrogen (secondary N) is 1. The summed E-state index contributed by atoms with van der Waals surface area (Å²) in [6.07, 6.45) is 6.31. The van der Waals surface area contributed by atoms with Crippen molar-refractivity contribution in [3.05, 3.63) is 0 Å². The van der Waals surface area contributed by atoms with Crippen molar-refractivity contribution < 1.29 is 0 Å². The SMILES string of the molecule is CCCC(CC)(CN)NC1CC1. The summed E-state index contributed by atoms with van der Waals surface area (Å²) in [7, 11) is 0. The van der Waals surface area contributed by atoms with Crippen LogP contribution in [0.2, 0.25) is 0 Å². The van der Waals surface area contributed by atoms with Crippen molar-refractivity contribution in [1.82, 2.24) is 5.32 Å². The van der Waals surface area contributed by atoms with E-state index < -0.39 is 0 Å². The van der Waals surface area contributed by atoms with Crippen LogP contribution in [0.15, 0.2) is 0 Å². The standard InChI is InChI=1S/C10H22N2/c1-3-7-10(4-2,8-11)12-9-5-6-9/h9,12H,3-8,11H2,1-2H3. The van der Waals surface area contributed by atoms with Crippen molar-refractivity contribution >= 4 is 0 Å². The van der Waals surface area contributed by atoms with Crippen molar-refractivity contribution in [1.29, 1.82) is 0 Å². The first-order chi connectivity index (χ1) is 5.76. The van der Waals surface area contributed by atoms with E-state index in [0.29, 0.717) is 0 Å². The predicted octanol–water partition coefficient (Wildman–Crippen LogP) is 1.65. The highest BCUT2D eigenvalue weighted by molar-refractivity contribution is 4.95. The van der Waals surface area contributed by atoms with E-state index >= 15 is 0 Å². The van der Waals surface area contributed by atoms with Crippen molar-refractivity contribution in [2.24, 2.45) is 5.73 Å². The Hall–Kier alpha value is -0.0800. The fourth-order valence-electron chi connectivity index (χ4n) is 1.80. The van der Waals surface area contributed by atoms with E-state index in [-0.39, 0.29) is 5.54 Å². The molecule has 0 aliphatic heterocycles. The summed E-state index contributed by atoms with van der Waals surface area (Å²) in [6, 6.07) is 0.778. The maximum atomic E-state index is 5.82. The first-order valence-electron chi connectivity index (χ1n) is 5.24. The van der Waals surface area contributed by atoms with Crippen LogP contribution in [-0.2, 0) is 0 Å². The minimum Gasteiger partial charge on any atom is -0.329 e. The maximum absolute atomic E-state index is 5.82. The summed E-state index contributed by atoms with van der Waals surface area (Å²) in [6.45, 7) is 5.25. The molecule has 1 aliphatic carbocycles. The van der Waals surface area contributed by atoms with Gasteiger partial charge in [-0.05, 0) is 25.7 Å². The molecule has 2 heteroatoms. The molecule has 0 amide bonds. The van der Waals surface area contributed by atoms with E-state index in [0.717, 1.165) is 19.0 Å². The number of hydrogen-bond acceptors (Lipinski definition) is 2. The van der Waals surface area contributed by atoms with Crippen LogP contribution < -0.4 is 11.1 Å². The Morgan fingerprint density at radius 1 is 1.42 bits per heavy atom. The second-order valence-corrected chi connectivity index (χ2v) is 4.01. The first kappa shape index (κ1) is 10.0. The van der Waals surface area contributed by atoms with Crippen LogP contribution in [0, 0.1) is 0 Å². The van der Waals surface area contributed by atoms with Gasteiger partial charge < -0.3 is 11.1 Å². The van der Waals surface area contributed by atoms with Gasteiger partial charge in [0.25, 0.3) is 0 Å². The molecule has 3 N–H and O–H groups in total. The van der Waals surface area contributed by atoms with Gasteiger partial charge in [-0.15, -0.1) is 0 Å². The Morgan fingerprint density at radius 3 is 2.42 bits per heavy atom. The maximum Gasteiger partial charge on any atom is 0.0303 e. The van der Waals surface area contributed by atoms with E-state index in [4.69, 9.17) is 5.73 Å². The molecule has 1 rings (SSSR count). The van der Waals surface area contributed by atoms with Gasteiger partial charge in [0.05, 0.1) is 0 Å². The molecular weight excluding hydrogens is 148 g/mol. The minimum absolute atomic E-state index is 0.246. The van der Waals surface area contributed by atoms with Gasteiger partial charge >= 0.3 is 0 Å². The third kappa shape index (κ3) is 2.46. The molecule has 0 saturated heterocycles. The lowest BCUT2D eigenvalue weighted by atomic mass is 9.90. The molecule has 1 fully saturated rings. The molecule has 1 saturated carbocycles. The van der Waals surface area contributed by atoms with E-state index in [2.05, 4.69) is 19.2 Å². The Bertz CT molecular complexity index is 126. The van der Waals surface area contributed by atoms with Crippen LogP contribution in [0.3, 0.4) is 0 Å². The van der Waals surface area contributed by atoms with E-state index in [1.165, 1.54) is 25.7 Å². The smallest absolute Gasteiger partial charge is 0.0303 e. The number of rotatable bonds is 6. The fourth-order valence-corrected chi connectivity index (χ4v) is 1.80. The average Bonchev–Trinajstić information content (AvgIpc) is 2.87. The summed E-state index contributed by atoms with van der Waals surface area (Å²) in [5.41, 5.74) is 6.06.